The number of methoxy groups -OCH3 is 1. The number of carbonyl (C=O) groups excluding carboxylic acids is 2. The molecule has 1 aliphatic rings. The lowest BCUT2D eigenvalue weighted by Crippen LogP contribution is -2.50. The highest BCUT2D eigenvalue weighted by Gasteiger charge is 2.24. The molecule has 0 bridgehead atoms. The van der Waals surface area contributed by atoms with Crippen molar-refractivity contribution >= 4 is 34.2 Å². The van der Waals surface area contributed by atoms with Crippen LogP contribution in [0, 0.1) is 0 Å². The van der Waals surface area contributed by atoms with Crippen LogP contribution in [0.4, 0.5) is 15.5 Å². The lowest BCUT2D eigenvalue weighted by molar-refractivity contribution is 0.0944. The summed E-state index contributed by atoms with van der Waals surface area (Å²) in [6.07, 6.45) is 1.53. The van der Waals surface area contributed by atoms with Crippen LogP contribution in [-0.4, -0.2) is 59.7 Å². The van der Waals surface area contributed by atoms with Crippen molar-refractivity contribution in [3.05, 3.63) is 54.1 Å². The molecule has 0 aliphatic carbocycles. The number of amides is 3. The second-order valence-corrected chi connectivity index (χ2v) is 7.57. The number of nitrogens with zero attached hydrogens (tertiary/aromatic N) is 4. The molecule has 1 saturated heterocycles. The highest BCUT2D eigenvalue weighted by Crippen LogP contribution is 2.22. The fourth-order valence-electron chi connectivity index (χ4n) is 3.22. The van der Waals surface area contributed by atoms with Gasteiger partial charge in [0.1, 0.15) is 11.5 Å². The van der Waals surface area contributed by atoms with Gasteiger partial charge in [-0.3, -0.25) is 10.1 Å². The number of nitrogens with one attached hydrogen (secondary N) is 2. The molecule has 4 rings (SSSR count). The molecular formula is C20H22N6O4S. The molecule has 2 aromatic heterocycles. The van der Waals surface area contributed by atoms with Gasteiger partial charge >= 0.3 is 6.03 Å². The Morgan fingerprint density at radius 3 is 2.61 bits per heavy atom. The van der Waals surface area contributed by atoms with Gasteiger partial charge in [0.25, 0.3) is 5.91 Å². The minimum absolute atomic E-state index is 0.0850. The van der Waals surface area contributed by atoms with Gasteiger partial charge in [-0.1, -0.05) is 4.49 Å². The van der Waals surface area contributed by atoms with E-state index in [-0.39, 0.29) is 18.3 Å². The minimum atomic E-state index is -0.426. The number of ether oxygens (including phenoxy) is 1. The van der Waals surface area contributed by atoms with Crippen molar-refractivity contribution in [2.45, 2.75) is 6.54 Å². The molecule has 11 heteroatoms. The smallest absolute Gasteiger partial charge is 0.322 e. The third-order valence-corrected chi connectivity index (χ3v) is 5.57. The second kappa shape index (κ2) is 9.47. The van der Waals surface area contributed by atoms with Gasteiger partial charge < -0.3 is 24.3 Å². The molecule has 0 atom stereocenters. The molecule has 1 aromatic carbocycles. The van der Waals surface area contributed by atoms with Crippen molar-refractivity contribution in [1.29, 1.82) is 0 Å². The molecule has 2 N–H and O–H groups in total. The molecule has 1 aliphatic heterocycles. The van der Waals surface area contributed by atoms with Gasteiger partial charge in [0.05, 0.1) is 19.9 Å². The maximum Gasteiger partial charge on any atom is 0.322 e. The van der Waals surface area contributed by atoms with E-state index in [2.05, 4.69) is 25.1 Å². The lowest BCUT2D eigenvalue weighted by Gasteiger charge is -2.36. The number of carbonyl (C=O) groups is 2. The van der Waals surface area contributed by atoms with E-state index in [1.807, 2.05) is 24.3 Å². The van der Waals surface area contributed by atoms with Gasteiger partial charge in [-0.15, -0.1) is 5.10 Å². The van der Waals surface area contributed by atoms with Crippen molar-refractivity contribution in [2.24, 2.45) is 0 Å². The Balaban J connectivity index is 1.30. The zero-order chi connectivity index (χ0) is 21.6. The van der Waals surface area contributed by atoms with Gasteiger partial charge in [0.2, 0.25) is 0 Å². The SMILES string of the molecule is COc1ccc(N2CCN(C(=O)Nc3snnc3C(=O)NCc3ccco3)CC2)cc1. The van der Waals surface area contributed by atoms with E-state index in [1.165, 1.54) is 6.26 Å². The fraction of sp³-hybridized carbons (Fsp3) is 0.300. The van der Waals surface area contributed by atoms with E-state index in [0.29, 0.717) is 36.9 Å². The highest BCUT2D eigenvalue weighted by atomic mass is 32.1. The molecule has 1 fully saturated rings. The van der Waals surface area contributed by atoms with Crippen LogP contribution in [0.3, 0.4) is 0 Å². The summed E-state index contributed by atoms with van der Waals surface area (Å²) in [7, 11) is 1.64. The first-order valence-corrected chi connectivity index (χ1v) is 10.5. The highest BCUT2D eigenvalue weighted by molar-refractivity contribution is 7.10. The molecule has 10 nitrogen and oxygen atoms in total. The Morgan fingerprint density at radius 2 is 1.94 bits per heavy atom. The van der Waals surface area contributed by atoms with Crippen molar-refractivity contribution in [3.63, 3.8) is 0 Å². The number of aromatic nitrogens is 2. The van der Waals surface area contributed by atoms with Crippen LogP contribution in [-0.2, 0) is 6.54 Å². The van der Waals surface area contributed by atoms with Crippen LogP contribution < -0.4 is 20.3 Å². The average Bonchev–Trinajstić information content (AvgIpc) is 3.50. The molecular weight excluding hydrogens is 420 g/mol. The molecule has 3 aromatic rings. The Bertz CT molecular complexity index is 1010. The molecule has 162 valence electrons. The topological polar surface area (TPSA) is 113 Å². The third-order valence-electron chi connectivity index (χ3n) is 4.93. The van der Waals surface area contributed by atoms with Crippen LogP contribution in [0.2, 0.25) is 0 Å². The monoisotopic (exact) mass is 442 g/mol. The second-order valence-electron chi connectivity index (χ2n) is 6.81. The van der Waals surface area contributed by atoms with Gasteiger partial charge in [-0.2, -0.15) is 0 Å². The zero-order valence-electron chi connectivity index (χ0n) is 16.9. The summed E-state index contributed by atoms with van der Waals surface area (Å²) >= 11 is 0.968. The summed E-state index contributed by atoms with van der Waals surface area (Å²) in [5, 5.41) is 9.64. The van der Waals surface area contributed by atoms with Crippen LogP contribution in [0.5, 0.6) is 5.75 Å². The molecule has 3 amide bonds. The number of rotatable bonds is 6. The molecule has 0 spiro atoms. The standard InChI is InChI=1S/C20H22N6O4S/c1-29-15-6-4-14(5-7-15)25-8-10-26(11-9-25)20(28)22-19-17(23-24-31-19)18(27)21-13-16-3-2-12-30-16/h2-7,12H,8-11,13H2,1H3,(H,21,27)(H,22,28). The molecule has 0 radical (unpaired) electrons. The molecule has 3 heterocycles. The number of anilines is 2. The van der Waals surface area contributed by atoms with E-state index in [1.54, 1.807) is 24.1 Å². The Labute approximate surface area is 182 Å². The van der Waals surface area contributed by atoms with Crippen molar-refractivity contribution < 1.29 is 18.7 Å². The third kappa shape index (κ3) is 4.94. The number of benzene rings is 1. The molecule has 0 unspecified atom stereocenters. The molecule has 31 heavy (non-hydrogen) atoms. The Kier molecular flexibility index (Phi) is 6.32. The first-order chi connectivity index (χ1) is 15.1. The van der Waals surface area contributed by atoms with Gasteiger partial charge in [-0.05, 0) is 36.4 Å². The van der Waals surface area contributed by atoms with Crippen LogP contribution in [0.25, 0.3) is 0 Å². The van der Waals surface area contributed by atoms with Crippen LogP contribution >= 0.6 is 11.5 Å². The largest absolute Gasteiger partial charge is 0.497 e. The quantitative estimate of drug-likeness (QED) is 0.603. The normalized spacial score (nSPS) is 13.7. The average molecular weight is 443 g/mol. The summed E-state index contributed by atoms with van der Waals surface area (Å²) in [6.45, 7) is 2.76. The number of piperazine rings is 1. The van der Waals surface area contributed by atoms with Crippen molar-refractivity contribution in [1.82, 2.24) is 19.8 Å². The first-order valence-electron chi connectivity index (χ1n) is 9.72. The number of hydrogen-bond donors (Lipinski definition) is 2. The summed E-state index contributed by atoms with van der Waals surface area (Å²) < 4.78 is 14.2. The lowest BCUT2D eigenvalue weighted by atomic mass is 10.2. The number of urea groups is 1. The van der Waals surface area contributed by atoms with Crippen LogP contribution in [0.1, 0.15) is 16.2 Å². The van der Waals surface area contributed by atoms with E-state index in [9.17, 15) is 9.59 Å². The number of hydrogen-bond acceptors (Lipinski definition) is 8. The first kappa shape index (κ1) is 20.7. The summed E-state index contributed by atoms with van der Waals surface area (Å²) in [6, 6.07) is 11.1. The zero-order valence-corrected chi connectivity index (χ0v) is 17.7. The predicted octanol–water partition coefficient (Wildman–Crippen LogP) is 2.42. The minimum Gasteiger partial charge on any atom is -0.497 e. The predicted molar refractivity (Wildman–Crippen MR) is 116 cm³/mol. The Morgan fingerprint density at radius 1 is 1.16 bits per heavy atom. The van der Waals surface area contributed by atoms with E-state index < -0.39 is 5.91 Å². The maximum atomic E-state index is 12.7. The van der Waals surface area contributed by atoms with Gasteiger partial charge in [-0.25, -0.2) is 4.79 Å². The van der Waals surface area contributed by atoms with Gasteiger partial charge in [0, 0.05) is 43.4 Å². The van der Waals surface area contributed by atoms with E-state index >= 15 is 0 Å². The van der Waals surface area contributed by atoms with Gasteiger partial charge in [0.15, 0.2) is 10.7 Å². The summed E-state index contributed by atoms with van der Waals surface area (Å²) in [4.78, 5) is 29.0. The van der Waals surface area contributed by atoms with E-state index in [0.717, 1.165) is 23.0 Å². The number of furan rings is 1. The van der Waals surface area contributed by atoms with Crippen molar-refractivity contribution in [3.8, 4) is 5.75 Å². The maximum absolute atomic E-state index is 12.7. The summed E-state index contributed by atoms with van der Waals surface area (Å²) in [5.74, 6) is 1.01. The fourth-order valence-corrected chi connectivity index (χ4v) is 3.78. The van der Waals surface area contributed by atoms with E-state index in [4.69, 9.17) is 9.15 Å². The molecule has 0 saturated carbocycles. The summed E-state index contributed by atoms with van der Waals surface area (Å²) in [5.41, 5.74) is 1.17. The van der Waals surface area contributed by atoms with Crippen molar-refractivity contribution in [2.75, 3.05) is 43.5 Å². The van der Waals surface area contributed by atoms with Crippen LogP contribution in [0.15, 0.2) is 47.1 Å². The Hall–Kier alpha value is -3.60.